The highest BCUT2D eigenvalue weighted by molar-refractivity contribution is 6.11. The van der Waals surface area contributed by atoms with E-state index in [1.807, 2.05) is 12.1 Å². The summed E-state index contributed by atoms with van der Waals surface area (Å²) < 4.78 is 5.10. The lowest BCUT2D eigenvalue weighted by Gasteiger charge is -2.32. The lowest BCUT2D eigenvalue weighted by Crippen LogP contribution is -2.40. The molecule has 2 aromatic carbocycles. The van der Waals surface area contributed by atoms with Crippen LogP contribution in [0.4, 0.5) is 0 Å². The second kappa shape index (κ2) is 9.72. The molecule has 0 spiro atoms. The molecule has 28 heavy (non-hydrogen) atoms. The van der Waals surface area contributed by atoms with Gasteiger partial charge in [0.15, 0.2) is 0 Å². The van der Waals surface area contributed by atoms with Gasteiger partial charge >= 0.3 is 0 Å². The number of nitriles is 1. The average molecular weight is 375 g/mol. The topological polar surface area (TPSA) is 65.4 Å². The number of nitrogens with zero attached hydrogens (tertiary/aromatic N) is 2. The SMILES string of the molecule is COc1ccc(C(=O)/C(C#N)=C\NC2CCN(Cc3ccccc3)CC2)cc1. The molecule has 0 radical (unpaired) electrons. The van der Waals surface area contributed by atoms with Gasteiger partial charge in [0.2, 0.25) is 5.78 Å². The molecule has 3 rings (SSSR count). The van der Waals surface area contributed by atoms with Gasteiger partial charge in [0.1, 0.15) is 17.4 Å². The zero-order chi connectivity index (χ0) is 19.8. The maximum atomic E-state index is 12.5. The van der Waals surface area contributed by atoms with Gasteiger partial charge < -0.3 is 10.1 Å². The molecule has 1 N–H and O–H groups in total. The Hall–Kier alpha value is -3.10. The monoisotopic (exact) mass is 375 g/mol. The Labute approximate surface area is 166 Å². The second-order valence-electron chi connectivity index (χ2n) is 6.93. The van der Waals surface area contributed by atoms with Crippen molar-refractivity contribution in [1.29, 1.82) is 5.26 Å². The van der Waals surface area contributed by atoms with Gasteiger partial charge in [-0.3, -0.25) is 9.69 Å². The first-order chi connectivity index (χ1) is 13.7. The Kier molecular flexibility index (Phi) is 6.83. The summed E-state index contributed by atoms with van der Waals surface area (Å²) in [5, 5.41) is 12.7. The summed E-state index contributed by atoms with van der Waals surface area (Å²) in [7, 11) is 1.58. The lowest BCUT2D eigenvalue weighted by molar-refractivity contribution is 0.103. The highest BCUT2D eigenvalue weighted by Crippen LogP contribution is 2.16. The zero-order valence-corrected chi connectivity index (χ0v) is 16.1. The fourth-order valence-corrected chi connectivity index (χ4v) is 3.35. The zero-order valence-electron chi connectivity index (χ0n) is 16.1. The molecule has 1 heterocycles. The van der Waals surface area contributed by atoms with Crippen LogP contribution >= 0.6 is 0 Å². The third-order valence-electron chi connectivity index (χ3n) is 5.02. The number of hydrogen-bond donors (Lipinski definition) is 1. The number of benzene rings is 2. The van der Waals surface area contributed by atoms with Crippen molar-refractivity contribution in [2.24, 2.45) is 0 Å². The number of allylic oxidation sites excluding steroid dienone is 1. The quantitative estimate of drug-likeness (QED) is 0.456. The smallest absolute Gasteiger partial charge is 0.205 e. The third kappa shape index (κ3) is 5.21. The van der Waals surface area contributed by atoms with Crippen molar-refractivity contribution in [3.63, 3.8) is 0 Å². The lowest BCUT2D eigenvalue weighted by atomic mass is 10.0. The number of carbonyl (C=O) groups excluding carboxylic acids is 1. The minimum absolute atomic E-state index is 0.122. The molecular weight excluding hydrogens is 350 g/mol. The van der Waals surface area contributed by atoms with Gasteiger partial charge in [-0.1, -0.05) is 30.3 Å². The van der Waals surface area contributed by atoms with Gasteiger partial charge in [0, 0.05) is 37.4 Å². The molecule has 144 valence electrons. The van der Waals surface area contributed by atoms with Gasteiger partial charge in [-0.05, 0) is 42.7 Å². The molecular formula is C23H25N3O2. The molecule has 1 aliphatic rings. The highest BCUT2D eigenvalue weighted by atomic mass is 16.5. The fourth-order valence-electron chi connectivity index (χ4n) is 3.35. The van der Waals surface area contributed by atoms with Crippen molar-refractivity contribution in [2.45, 2.75) is 25.4 Å². The van der Waals surface area contributed by atoms with E-state index in [4.69, 9.17) is 4.74 Å². The molecule has 0 unspecified atom stereocenters. The van der Waals surface area contributed by atoms with Crippen LogP contribution in [0.5, 0.6) is 5.75 Å². The molecule has 5 nitrogen and oxygen atoms in total. The van der Waals surface area contributed by atoms with E-state index < -0.39 is 0 Å². The molecule has 1 aliphatic heterocycles. The average Bonchev–Trinajstić information content (AvgIpc) is 2.76. The number of carbonyl (C=O) groups is 1. The van der Waals surface area contributed by atoms with Gasteiger partial charge in [-0.2, -0.15) is 5.26 Å². The van der Waals surface area contributed by atoms with E-state index in [1.54, 1.807) is 37.6 Å². The number of likely N-dealkylation sites (tertiary alicyclic amines) is 1. The minimum Gasteiger partial charge on any atom is -0.497 e. The van der Waals surface area contributed by atoms with Crippen LogP contribution in [-0.2, 0) is 6.54 Å². The molecule has 2 aromatic rings. The molecule has 0 bridgehead atoms. The van der Waals surface area contributed by atoms with Crippen molar-refractivity contribution < 1.29 is 9.53 Å². The summed E-state index contributed by atoms with van der Waals surface area (Å²) in [5.41, 5.74) is 1.93. The molecule has 1 fully saturated rings. The Morgan fingerprint density at radius 1 is 1.18 bits per heavy atom. The molecule has 1 saturated heterocycles. The van der Waals surface area contributed by atoms with Crippen LogP contribution in [0.3, 0.4) is 0 Å². The number of methoxy groups -OCH3 is 1. The van der Waals surface area contributed by atoms with E-state index >= 15 is 0 Å². The van der Waals surface area contributed by atoms with Gasteiger partial charge in [-0.15, -0.1) is 0 Å². The van der Waals surface area contributed by atoms with Crippen LogP contribution in [0.25, 0.3) is 0 Å². The number of hydrogen-bond acceptors (Lipinski definition) is 5. The number of Topliss-reactive ketones (excluding diaryl/α,β-unsaturated/α-hetero) is 1. The number of rotatable bonds is 7. The maximum Gasteiger partial charge on any atom is 0.205 e. The van der Waals surface area contributed by atoms with Crippen LogP contribution in [0, 0.1) is 11.3 Å². The predicted molar refractivity (Wildman–Crippen MR) is 109 cm³/mol. The summed E-state index contributed by atoms with van der Waals surface area (Å²) in [6.45, 7) is 2.95. The molecule has 0 saturated carbocycles. The number of ketones is 1. The van der Waals surface area contributed by atoms with Crippen LogP contribution in [0.1, 0.15) is 28.8 Å². The number of piperidine rings is 1. The van der Waals surface area contributed by atoms with E-state index in [9.17, 15) is 10.1 Å². The maximum absolute atomic E-state index is 12.5. The Bertz CT molecular complexity index is 846. The summed E-state index contributed by atoms with van der Waals surface area (Å²) in [5.74, 6) is 0.401. The normalized spacial score (nSPS) is 15.6. The Balaban J connectivity index is 1.52. The molecule has 5 heteroatoms. The van der Waals surface area contributed by atoms with Crippen LogP contribution in [0.2, 0.25) is 0 Å². The molecule has 0 atom stereocenters. The standard InChI is InChI=1S/C23H25N3O2/c1-28-22-9-7-19(8-10-22)23(27)20(15-24)16-25-21-11-13-26(14-12-21)17-18-5-3-2-4-6-18/h2-10,16,21,25H,11-14,17H2,1H3/b20-16-. The van der Waals surface area contributed by atoms with Crippen molar-refractivity contribution >= 4 is 5.78 Å². The van der Waals surface area contributed by atoms with Gasteiger partial charge in [0.05, 0.1) is 7.11 Å². The fraction of sp³-hybridized carbons (Fsp3) is 0.304. The van der Waals surface area contributed by atoms with E-state index in [1.165, 1.54) is 5.56 Å². The van der Waals surface area contributed by atoms with E-state index in [0.29, 0.717) is 11.3 Å². The van der Waals surface area contributed by atoms with Crippen molar-refractivity contribution in [1.82, 2.24) is 10.2 Å². The predicted octanol–water partition coefficient (Wildman–Crippen LogP) is 3.54. The van der Waals surface area contributed by atoms with E-state index in [2.05, 4.69) is 34.5 Å². The number of nitrogens with one attached hydrogen (secondary N) is 1. The van der Waals surface area contributed by atoms with Crippen molar-refractivity contribution in [3.8, 4) is 11.8 Å². The number of ether oxygens (including phenoxy) is 1. The molecule has 0 aromatic heterocycles. The van der Waals surface area contributed by atoms with Crippen LogP contribution in [-0.4, -0.2) is 36.9 Å². The summed E-state index contributed by atoms with van der Waals surface area (Å²) in [6.07, 6.45) is 3.54. The second-order valence-corrected chi connectivity index (χ2v) is 6.93. The van der Waals surface area contributed by atoms with Gasteiger partial charge in [-0.25, -0.2) is 0 Å². The van der Waals surface area contributed by atoms with E-state index in [0.717, 1.165) is 32.5 Å². The minimum atomic E-state index is -0.279. The Morgan fingerprint density at radius 2 is 1.86 bits per heavy atom. The van der Waals surface area contributed by atoms with Crippen molar-refractivity contribution in [2.75, 3.05) is 20.2 Å². The molecule has 0 aliphatic carbocycles. The molecule has 0 amide bonds. The first-order valence-electron chi connectivity index (χ1n) is 9.51. The first kappa shape index (κ1) is 19.7. The summed E-state index contributed by atoms with van der Waals surface area (Å²) >= 11 is 0. The largest absolute Gasteiger partial charge is 0.497 e. The summed E-state index contributed by atoms with van der Waals surface area (Å²) in [6, 6.07) is 19.6. The van der Waals surface area contributed by atoms with Crippen LogP contribution in [0.15, 0.2) is 66.4 Å². The van der Waals surface area contributed by atoms with Crippen molar-refractivity contribution in [3.05, 3.63) is 77.5 Å². The first-order valence-corrected chi connectivity index (χ1v) is 9.51. The Morgan fingerprint density at radius 3 is 2.46 bits per heavy atom. The van der Waals surface area contributed by atoms with Gasteiger partial charge in [0.25, 0.3) is 0 Å². The highest BCUT2D eigenvalue weighted by Gasteiger charge is 2.19. The van der Waals surface area contributed by atoms with E-state index in [-0.39, 0.29) is 17.4 Å². The van der Waals surface area contributed by atoms with Crippen LogP contribution < -0.4 is 10.1 Å². The summed E-state index contributed by atoms with van der Waals surface area (Å²) in [4.78, 5) is 15.0. The third-order valence-corrected chi connectivity index (χ3v) is 5.02.